The van der Waals surface area contributed by atoms with E-state index in [0.717, 1.165) is 5.69 Å². The first kappa shape index (κ1) is 19.9. The van der Waals surface area contributed by atoms with Crippen molar-refractivity contribution in [2.45, 2.75) is 25.7 Å². The van der Waals surface area contributed by atoms with Crippen LogP contribution in [-0.2, 0) is 19.7 Å². The number of carbonyl (C=O) groups is 2. The number of aliphatic carboxylic acids is 1. The van der Waals surface area contributed by atoms with E-state index in [2.05, 4.69) is 0 Å². The van der Waals surface area contributed by atoms with Crippen LogP contribution in [0, 0.1) is 0 Å². The van der Waals surface area contributed by atoms with Crippen LogP contribution in [0.1, 0.15) is 31.2 Å². The molecule has 0 unspecified atom stereocenters. The Hall–Kier alpha value is -2.39. The average molecular weight is 383 g/mol. The second-order valence-electron chi connectivity index (χ2n) is 6.09. The van der Waals surface area contributed by atoms with Crippen LogP contribution in [0.4, 0.5) is 5.69 Å². The second-order valence-corrected chi connectivity index (χ2v) is 7.66. The molecule has 0 bridgehead atoms. The van der Waals surface area contributed by atoms with Crippen molar-refractivity contribution in [3.63, 3.8) is 0 Å². The summed E-state index contributed by atoms with van der Waals surface area (Å²) in [4.78, 5) is 24.1. The number of benzene rings is 1. The smallest absolute Gasteiger partial charge is 0.303 e. The summed E-state index contributed by atoms with van der Waals surface area (Å²) in [5, 5.41) is 18.4. The molecule has 1 aliphatic carbocycles. The van der Waals surface area contributed by atoms with Gasteiger partial charge in [0.05, 0.1) is 17.7 Å². The number of Topliss-reactive ketones (excluding diaryl/α,β-unsaturated/α-hetero) is 1. The Labute approximate surface area is 151 Å². The summed E-state index contributed by atoms with van der Waals surface area (Å²) < 4.78 is 30.6. The fourth-order valence-corrected chi connectivity index (χ4v) is 3.27. The van der Waals surface area contributed by atoms with Gasteiger partial charge in [-0.2, -0.15) is 8.42 Å². The third kappa shape index (κ3) is 5.57. The van der Waals surface area contributed by atoms with E-state index in [1.165, 1.54) is 0 Å². The van der Waals surface area contributed by atoms with Gasteiger partial charge in [0.25, 0.3) is 10.1 Å². The van der Waals surface area contributed by atoms with Gasteiger partial charge in [-0.3, -0.25) is 14.1 Å². The molecule has 26 heavy (non-hydrogen) atoms. The number of hydrogen-bond acceptors (Lipinski definition) is 6. The van der Waals surface area contributed by atoms with E-state index >= 15 is 0 Å². The Morgan fingerprint density at radius 2 is 1.73 bits per heavy atom. The molecule has 0 amide bonds. The number of aliphatic hydroxyl groups is 1. The predicted molar refractivity (Wildman–Crippen MR) is 95.7 cm³/mol. The Morgan fingerprint density at radius 3 is 2.23 bits per heavy atom. The van der Waals surface area contributed by atoms with Crippen molar-refractivity contribution in [1.29, 1.82) is 0 Å². The van der Waals surface area contributed by atoms with E-state index in [0.29, 0.717) is 30.6 Å². The summed E-state index contributed by atoms with van der Waals surface area (Å²) in [5.74, 6) is -1.35. The topological polar surface area (TPSA) is 132 Å². The summed E-state index contributed by atoms with van der Waals surface area (Å²) in [6.45, 7) is 0.732. The predicted octanol–water partition coefficient (Wildman–Crippen LogP) is 1.88. The standard InChI is InChI=1S/C17H21NO7S/c19-14-11-15(20)17(14)12-4-6-13(7-5-12)18(8-1-3-16(21)22)9-2-10-26(23,24)25/h4-7,19H,1-3,8-11H2,(H,21,22)(H,23,24,25). The normalized spacial score (nSPS) is 14.3. The molecule has 8 nitrogen and oxygen atoms in total. The third-order valence-electron chi connectivity index (χ3n) is 4.07. The highest BCUT2D eigenvalue weighted by molar-refractivity contribution is 7.85. The Bertz CT molecular complexity index is 812. The molecule has 0 heterocycles. The van der Waals surface area contributed by atoms with Crippen LogP contribution >= 0.6 is 0 Å². The average Bonchev–Trinajstić information content (AvgIpc) is 2.52. The molecule has 0 spiro atoms. The number of carbonyl (C=O) groups excluding carboxylic acids is 1. The van der Waals surface area contributed by atoms with Crippen molar-refractivity contribution in [2.24, 2.45) is 0 Å². The van der Waals surface area contributed by atoms with Crippen LogP contribution in [-0.4, -0.2) is 53.8 Å². The fourth-order valence-electron chi connectivity index (χ4n) is 2.78. The molecular weight excluding hydrogens is 362 g/mol. The molecule has 0 radical (unpaired) electrons. The Morgan fingerprint density at radius 1 is 1.12 bits per heavy atom. The number of aliphatic hydroxyl groups excluding tert-OH is 1. The van der Waals surface area contributed by atoms with E-state index in [9.17, 15) is 23.1 Å². The van der Waals surface area contributed by atoms with Crippen molar-refractivity contribution in [2.75, 3.05) is 23.7 Å². The number of anilines is 1. The third-order valence-corrected chi connectivity index (χ3v) is 4.87. The van der Waals surface area contributed by atoms with Gasteiger partial charge >= 0.3 is 5.97 Å². The molecule has 142 valence electrons. The van der Waals surface area contributed by atoms with Gasteiger partial charge in [-0.25, -0.2) is 0 Å². The van der Waals surface area contributed by atoms with E-state index in [-0.39, 0.29) is 36.6 Å². The van der Waals surface area contributed by atoms with Gasteiger partial charge in [-0.1, -0.05) is 12.1 Å². The molecule has 1 aromatic carbocycles. The SMILES string of the molecule is O=C(O)CCCN(CCCS(=O)(=O)O)c1ccc(C2=C(O)CC2=O)cc1. The zero-order valence-corrected chi connectivity index (χ0v) is 14.9. The number of carboxylic acids is 1. The molecule has 0 saturated carbocycles. The van der Waals surface area contributed by atoms with Gasteiger partial charge in [0.2, 0.25) is 0 Å². The summed E-state index contributed by atoms with van der Waals surface area (Å²) >= 11 is 0. The lowest BCUT2D eigenvalue weighted by Crippen LogP contribution is -2.27. The van der Waals surface area contributed by atoms with Crippen molar-refractivity contribution in [1.82, 2.24) is 0 Å². The summed E-state index contributed by atoms with van der Waals surface area (Å²) in [6, 6.07) is 6.83. The van der Waals surface area contributed by atoms with Crippen LogP contribution in [0.25, 0.3) is 5.57 Å². The molecule has 1 aliphatic rings. The van der Waals surface area contributed by atoms with Crippen LogP contribution in [0.3, 0.4) is 0 Å². The monoisotopic (exact) mass is 383 g/mol. The first-order chi connectivity index (χ1) is 12.2. The molecule has 0 atom stereocenters. The molecule has 0 aromatic heterocycles. The van der Waals surface area contributed by atoms with Crippen molar-refractivity contribution >= 4 is 33.1 Å². The largest absolute Gasteiger partial charge is 0.511 e. The maximum atomic E-state index is 11.5. The first-order valence-electron chi connectivity index (χ1n) is 8.15. The number of carboxylic acid groups (broad SMARTS) is 1. The molecule has 3 N–H and O–H groups in total. The lowest BCUT2D eigenvalue weighted by molar-refractivity contribution is -0.137. The number of allylic oxidation sites excluding steroid dienone is 2. The number of rotatable bonds is 10. The highest BCUT2D eigenvalue weighted by atomic mass is 32.2. The molecule has 0 aliphatic heterocycles. The Balaban J connectivity index is 2.08. The molecule has 0 saturated heterocycles. The fraction of sp³-hybridized carbons (Fsp3) is 0.412. The van der Waals surface area contributed by atoms with Crippen LogP contribution in [0.5, 0.6) is 0 Å². The van der Waals surface area contributed by atoms with E-state index in [4.69, 9.17) is 9.66 Å². The zero-order chi connectivity index (χ0) is 19.3. The first-order valence-corrected chi connectivity index (χ1v) is 9.76. The van der Waals surface area contributed by atoms with E-state index in [1.807, 2.05) is 4.90 Å². The summed E-state index contributed by atoms with van der Waals surface area (Å²) in [6.07, 6.45) is 0.613. The Kier molecular flexibility index (Phi) is 6.38. The molecule has 0 fully saturated rings. The van der Waals surface area contributed by atoms with Crippen molar-refractivity contribution < 1.29 is 32.8 Å². The zero-order valence-electron chi connectivity index (χ0n) is 14.1. The summed E-state index contributed by atoms with van der Waals surface area (Å²) in [5.41, 5.74) is 1.65. The molecule has 1 aromatic rings. The minimum Gasteiger partial charge on any atom is -0.511 e. The maximum Gasteiger partial charge on any atom is 0.303 e. The molecule has 9 heteroatoms. The second kappa shape index (κ2) is 8.33. The highest BCUT2D eigenvalue weighted by Crippen LogP contribution is 2.32. The van der Waals surface area contributed by atoms with Gasteiger partial charge in [0.1, 0.15) is 5.76 Å². The molecule has 2 rings (SSSR count). The molecular formula is C17H21NO7S. The van der Waals surface area contributed by atoms with Gasteiger partial charge in [-0.15, -0.1) is 0 Å². The van der Waals surface area contributed by atoms with Crippen LogP contribution in [0.2, 0.25) is 0 Å². The highest BCUT2D eigenvalue weighted by Gasteiger charge is 2.28. The van der Waals surface area contributed by atoms with Gasteiger partial charge in [0.15, 0.2) is 5.78 Å². The van der Waals surface area contributed by atoms with Crippen LogP contribution < -0.4 is 4.90 Å². The summed E-state index contributed by atoms with van der Waals surface area (Å²) in [7, 11) is -4.05. The minimum atomic E-state index is -4.05. The van der Waals surface area contributed by atoms with Gasteiger partial charge < -0.3 is 15.1 Å². The lowest BCUT2D eigenvalue weighted by Gasteiger charge is -2.25. The maximum absolute atomic E-state index is 11.5. The van der Waals surface area contributed by atoms with Gasteiger partial charge in [0, 0.05) is 25.2 Å². The van der Waals surface area contributed by atoms with Crippen molar-refractivity contribution in [3.05, 3.63) is 35.6 Å². The van der Waals surface area contributed by atoms with E-state index < -0.39 is 16.1 Å². The number of hydrogen-bond donors (Lipinski definition) is 3. The van der Waals surface area contributed by atoms with Crippen molar-refractivity contribution in [3.8, 4) is 0 Å². The quantitative estimate of drug-likeness (QED) is 0.522. The van der Waals surface area contributed by atoms with E-state index in [1.54, 1.807) is 24.3 Å². The van der Waals surface area contributed by atoms with Crippen LogP contribution in [0.15, 0.2) is 30.0 Å². The lowest BCUT2D eigenvalue weighted by atomic mass is 9.88. The number of nitrogens with zero attached hydrogens (tertiary/aromatic N) is 1. The van der Waals surface area contributed by atoms with Gasteiger partial charge in [-0.05, 0) is 30.5 Å². The number of ketones is 1. The minimum absolute atomic E-state index is 0.0118.